The Labute approximate surface area is 120 Å². The van der Waals surface area contributed by atoms with Gasteiger partial charge in [-0.1, -0.05) is 0 Å². The first-order chi connectivity index (χ1) is 9.74. The molecule has 1 fully saturated rings. The Balaban J connectivity index is 1.82. The second-order valence-electron chi connectivity index (χ2n) is 4.66. The number of aromatic nitrogens is 3. The van der Waals surface area contributed by atoms with Crippen LogP contribution in [0.25, 0.3) is 0 Å². The summed E-state index contributed by atoms with van der Waals surface area (Å²) in [6, 6.07) is 2.00. The van der Waals surface area contributed by atoms with Crippen LogP contribution in [0.2, 0.25) is 0 Å². The number of rotatable bonds is 3. The predicted octanol–water partition coefficient (Wildman–Crippen LogP) is 2.23. The van der Waals surface area contributed by atoms with Gasteiger partial charge < -0.3 is 10.2 Å². The van der Waals surface area contributed by atoms with Crippen molar-refractivity contribution >= 4 is 28.3 Å². The molecule has 104 valence electrons. The molecule has 20 heavy (non-hydrogen) atoms. The van der Waals surface area contributed by atoms with Gasteiger partial charge in [0.15, 0.2) is 5.13 Å². The molecule has 0 saturated carbocycles. The Morgan fingerprint density at radius 1 is 1.45 bits per heavy atom. The van der Waals surface area contributed by atoms with E-state index in [1.165, 1.54) is 18.3 Å². The smallest absolute Gasteiger partial charge is 0.225 e. The van der Waals surface area contributed by atoms with Crippen LogP contribution >= 0.6 is 11.3 Å². The minimum Gasteiger partial charge on any atom is -0.332 e. The molecule has 3 heterocycles. The predicted molar refractivity (Wildman–Crippen MR) is 77.8 cm³/mol. The monoisotopic (exact) mass is 289 g/mol. The molecule has 0 spiro atoms. The van der Waals surface area contributed by atoms with Crippen LogP contribution in [0.15, 0.2) is 23.8 Å². The van der Waals surface area contributed by atoms with Crippen molar-refractivity contribution < 1.29 is 4.79 Å². The van der Waals surface area contributed by atoms with Crippen LogP contribution < -0.4 is 10.2 Å². The van der Waals surface area contributed by atoms with Gasteiger partial charge in [-0.15, -0.1) is 11.3 Å². The van der Waals surface area contributed by atoms with Crippen LogP contribution in [0, 0.1) is 0 Å². The molecule has 0 aliphatic carbocycles. The molecular weight excluding hydrogens is 274 g/mol. The van der Waals surface area contributed by atoms with Gasteiger partial charge in [-0.3, -0.25) is 4.79 Å². The van der Waals surface area contributed by atoms with E-state index in [1.54, 1.807) is 12.4 Å². The molecule has 2 aromatic heterocycles. The van der Waals surface area contributed by atoms with Gasteiger partial charge in [0, 0.05) is 31.2 Å². The lowest BCUT2D eigenvalue weighted by atomic mass is 10.2. The van der Waals surface area contributed by atoms with Gasteiger partial charge in [0.1, 0.15) is 0 Å². The summed E-state index contributed by atoms with van der Waals surface area (Å²) < 4.78 is 0. The summed E-state index contributed by atoms with van der Waals surface area (Å²) in [7, 11) is 0. The molecule has 6 nitrogen and oxygen atoms in total. The molecule has 0 bridgehead atoms. The normalized spacial score (nSPS) is 18.2. The second-order valence-corrected chi connectivity index (χ2v) is 5.52. The molecule has 0 radical (unpaired) electrons. The first kappa shape index (κ1) is 13.0. The van der Waals surface area contributed by atoms with Crippen LogP contribution in [0.5, 0.6) is 0 Å². The molecule has 7 heteroatoms. The zero-order valence-electron chi connectivity index (χ0n) is 11.1. The zero-order valence-corrected chi connectivity index (χ0v) is 11.9. The summed E-state index contributed by atoms with van der Waals surface area (Å²) in [6.45, 7) is 2.42. The van der Waals surface area contributed by atoms with E-state index in [-0.39, 0.29) is 11.9 Å². The van der Waals surface area contributed by atoms with E-state index < -0.39 is 0 Å². The summed E-state index contributed by atoms with van der Waals surface area (Å²) in [6.07, 6.45) is 5.63. The van der Waals surface area contributed by atoms with Crippen molar-refractivity contribution in [1.82, 2.24) is 15.0 Å². The van der Waals surface area contributed by atoms with E-state index in [9.17, 15) is 4.79 Å². The van der Waals surface area contributed by atoms with Gasteiger partial charge >= 0.3 is 0 Å². The number of carbonyl (C=O) groups is 1. The maximum atomic E-state index is 11.1. The largest absolute Gasteiger partial charge is 0.332 e. The molecule has 0 unspecified atom stereocenters. The molecular formula is C13H15N5OS. The summed E-state index contributed by atoms with van der Waals surface area (Å²) in [5.41, 5.74) is 0.976. The van der Waals surface area contributed by atoms with E-state index >= 15 is 0 Å². The van der Waals surface area contributed by atoms with Gasteiger partial charge in [-0.25, -0.2) is 15.0 Å². The number of hydrogen-bond donors (Lipinski definition) is 1. The Bertz CT molecular complexity index is 600. The molecule has 1 saturated heterocycles. The van der Waals surface area contributed by atoms with Gasteiger partial charge in [-0.05, 0) is 18.9 Å². The van der Waals surface area contributed by atoms with Crippen LogP contribution in [0.1, 0.15) is 31.5 Å². The number of anilines is 2. The first-order valence-corrected chi connectivity index (χ1v) is 7.38. The fraction of sp³-hybridized carbons (Fsp3) is 0.385. The summed E-state index contributed by atoms with van der Waals surface area (Å²) in [5, 5.41) is 5.37. The molecule has 1 aliphatic rings. The fourth-order valence-electron chi connectivity index (χ4n) is 2.40. The van der Waals surface area contributed by atoms with E-state index in [1.807, 2.05) is 11.4 Å². The van der Waals surface area contributed by atoms with Crippen molar-refractivity contribution in [3.8, 4) is 0 Å². The number of nitrogens with one attached hydrogen (secondary N) is 1. The molecule has 1 N–H and O–H groups in total. The molecule has 0 aromatic carbocycles. The third-order valence-corrected chi connectivity index (χ3v) is 3.98. The minimum absolute atomic E-state index is 0.0967. The summed E-state index contributed by atoms with van der Waals surface area (Å²) in [5.74, 6) is 0.643. The number of hydrogen-bond acceptors (Lipinski definition) is 6. The van der Waals surface area contributed by atoms with Crippen LogP contribution in [0.4, 0.5) is 11.1 Å². The number of carbonyl (C=O) groups excluding carboxylic acids is 1. The first-order valence-electron chi connectivity index (χ1n) is 6.51. The third kappa shape index (κ3) is 2.62. The Morgan fingerprint density at radius 2 is 2.25 bits per heavy atom. The zero-order chi connectivity index (χ0) is 13.9. The topological polar surface area (TPSA) is 71.0 Å². The highest BCUT2D eigenvalue weighted by atomic mass is 32.1. The van der Waals surface area contributed by atoms with Crippen LogP contribution in [0.3, 0.4) is 0 Å². The fourth-order valence-corrected chi connectivity index (χ4v) is 3.20. The van der Waals surface area contributed by atoms with Gasteiger partial charge in [0.25, 0.3) is 0 Å². The highest BCUT2D eigenvalue weighted by Crippen LogP contribution is 2.35. The van der Waals surface area contributed by atoms with Gasteiger partial charge in [0.2, 0.25) is 11.9 Å². The Morgan fingerprint density at radius 3 is 3.00 bits per heavy atom. The van der Waals surface area contributed by atoms with E-state index in [4.69, 9.17) is 0 Å². The van der Waals surface area contributed by atoms with Crippen molar-refractivity contribution in [3.05, 3.63) is 29.5 Å². The highest BCUT2D eigenvalue weighted by molar-refractivity contribution is 7.13. The van der Waals surface area contributed by atoms with Crippen molar-refractivity contribution in [2.24, 2.45) is 0 Å². The van der Waals surface area contributed by atoms with Crippen LogP contribution in [-0.2, 0) is 4.79 Å². The van der Waals surface area contributed by atoms with Crippen molar-refractivity contribution in [3.63, 3.8) is 0 Å². The molecule has 1 amide bonds. The second kappa shape index (κ2) is 5.54. The van der Waals surface area contributed by atoms with Gasteiger partial charge in [0.05, 0.1) is 11.7 Å². The number of nitrogens with zero attached hydrogens (tertiary/aromatic N) is 4. The lowest BCUT2D eigenvalue weighted by Gasteiger charge is -2.22. The average Bonchev–Trinajstić information content (AvgIpc) is 3.07. The highest BCUT2D eigenvalue weighted by Gasteiger charge is 2.29. The lowest BCUT2D eigenvalue weighted by molar-refractivity contribution is -0.114. The number of amides is 1. The minimum atomic E-state index is -0.0967. The molecule has 2 aromatic rings. The molecule has 3 rings (SSSR count). The van der Waals surface area contributed by atoms with Crippen molar-refractivity contribution in [2.45, 2.75) is 25.8 Å². The van der Waals surface area contributed by atoms with E-state index in [0.29, 0.717) is 5.13 Å². The maximum absolute atomic E-state index is 11.1. The standard InChI is InChI=1S/C13H15N5OS/c1-9(19)16-13-17-10(8-20-13)11-4-2-7-18(11)12-14-5-3-6-15-12/h3,5-6,8,11H,2,4,7H2,1H3,(H,16,17,19)/t11-/m1/s1. The molecule has 1 aliphatic heterocycles. The maximum Gasteiger partial charge on any atom is 0.225 e. The molecule has 1 atom stereocenters. The third-order valence-electron chi connectivity index (χ3n) is 3.21. The van der Waals surface area contributed by atoms with Crippen molar-refractivity contribution in [2.75, 3.05) is 16.8 Å². The van der Waals surface area contributed by atoms with Crippen LogP contribution in [-0.4, -0.2) is 27.4 Å². The summed E-state index contributed by atoms with van der Waals surface area (Å²) >= 11 is 1.45. The van der Waals surface area contributed by atoms with E-state index in [0.717, 1.165) is 31.0 Å². The lowest BCUT2D eigenvalue weighted by Crippen LogP contribution is -2.24. The van der Waals surface area contributed by atoms with Gasteiger partial charge in [-0.2, -0.15) is 0 Å². The summed E-state index contributed by atoms with van der Waals surface area (Å²) in [4.78, 5) is 26.4. The quantitative estimate of drug-likeness (QED) is 0.938. The average molecular weight is 289 g/mol. The Hall–Kier alpha value is -2.02. The number of thiazole rings is 1. The SMILES string of the molecule is CC(=O)Nc1nc([C@H]2CCCN2c2ncccn2)cs1. The van der Waals surface area contributed by atoms with Crippen molar-refractivity contribution in [1.29, 1.82) is 0 Å². The van der Waals surface area contributed by atoms with E-state index in [2.05, 4.69) is 25.2 Å². The Kier molecular flexibility index (Phi) is 3.60.